The molecule has 5 rings (SSSR count). The van der Waals surface area contributed by atoms with Crippen LogP contribution in [0, 0.1) is 50.2 Å². The van der Waals surface area contributed by atoms with Crippen molar-refractivity contribution in [2.45, 2.75) is 157 Å². The lowest BCUT2D eigenvalue weighted by atomic mass is 9.33. The van der Waals surface area contributed by atoms with E-state index in [4.69, 9.17) is 9.47 Å². The molecule has 9 nitrogen and oxygen atoms in total. The summed E-state index contributed by atoms with van der Waals surface area (Å²) in [6.45, 7) is 20.7. The Balaban J connectivity index is 1.66. The average Bonchev–Trinajstić information content (AvgIpc) is 3.00. The molecule has 4 saturated carbocycles. The van der Waals surface area contributed by atoms with E-state index in [0.29, 0.717) is 30.3 Å². The quantitative estimate of drug-likeness (QED) is 0.143. The van der Waals surface area contributed by atoms with E-state index in [1.54, 1.807) is 19.9 Å². The van der Waals surface area contributed by atoms with Crippen molar-refractivity contribution in [3.63, 3.8) is 0 Å². The van der Waals surface area contributed by atoms with Crippen molar-refractivity contribution in [3.8, 4) is 0 Å². The molecule has 0 aliphatic heterocycles. The number of fused-ring (bicyclic) bond motifs is 7. The Morgan fingerprint density at radius 1 is 0.980 bits per heavy atom. The molecule has 9 heteroatoms. The predicted octanol–water partition coefficient (Wildman–Crippen LogP) is 5.25. The van der Waals surface area contributed by atoms with Crippen LogP contribution >= 0.6 is 0 Å². The number of rotatable bonds is 6. The van der Waals surface area contributed by atoms with Gasteiger partial charge in [0.2, 0.25) is 0 Å². The molecule has 0 unspecified atom stereocenters. The van der Waals surface area contributed by atoms with E-state index < -0.39 is 70.7 Å². The molecule has 0 aromatic carbocycles. The van der Waals surface area contributed by atoms with Crippen molar-refractivity contribution in [2.24, 2.45) is 50.2 Å². The Hall–Kier alpha value is -1.78. The van der Waals surface area contributed by atoms with Crippen molar-refractivity contribution in [1.29, 1.82) is 0 Å². The van der Waals surface area contributed by atoms with Crippen LogP contribution in [0.3, 0.4) is 0 Å². The van der Waals surface area contributed by atoms with Gasteiger partial charge in [-0.3, -0.25) is 0 Å². The van der Waals surface area contributed by atoms with Crippen molar-refractivity contribution >= 4 is 11.9 Å². The number of carbonyl (C=O) groups is 2. The number of allylic oxidation sites excluding steroid dienone is 3. The maximum absolute atomic E-state index is 13.7. The summed E-state index contributed by atoms with van der Waals surface area (Å²) in [5.41, 5.74) is -3.84. The highest BCUT2D eigenvalue weighted by Crippen LogP contribution is 2.76. The summed E-state index contributed by atoms with van der Waals surface area (Å²) in [6.07, 6.45) is 3.87. The van der Waals surface area contributed by atoms with Gasteiger partial charge >= 0.3 is 11.9 Å². The second-order valence-electron chi connectivity index (χ2n) is 18.9. The minimum atomic E-state index is -2.28. The van der Waals surface area contributed by atoms with E-state index in [2.05, 4.69) is 40.7 Å². The molecule has 13 atom stereocenters. The predicted molar refractivity (Wildman–Crippen MR) is 186 cm³/mol. The summed E-state index contributed by atoms with van der Waals surface area (Å²) in [5.74, 6) is -1.46. The lowest BCUT2D eigenvalue weighted by molar-refractivity contribution is -0.271. The molecular formula is C40H64O9. The van der Waals surface area contributed by atoms with Crippen LogP contribution in [-0.2, 0) is 19.1 Å². The van der Waals surface area contributed by atoms with Crippen LogP contribution in [0.25, 0.3) is 0 Å². The summed E-state index contributed by atoms with van der Waals surface area (Å²) in [5, 5.41) is 56.5. The van der Waals surface area contributed by atoms with Gasteiger partial charge in [-0.1, -0.05) is 66.2 Å². The third-order valence-electron chi connectivity index (χ3n) is 15.8. The molecule has 4 fully saturated rings. The van der Waals surface area contributed by atoms with Gasteiger partial charge < -0.3 is 35.0 Å². The van der Waals surface area contributed by atoms with E-state index in [0.717, 1.165) is 37.7 Å². The number of hydrogen-bond acceptors (Lipinski definition) is 9. The molecule has 278 valence electrons. The first-order valence-electron chi connectivity index (χ1n) is 18.6. The Kier molecular flexibility index (Phi) is 9.53. The molecule has 0 heterocycles. The fourth-order valence-electron chi connectivity index (χ4n) is 12.0. The highest BCUT2D eigenvalue weighted by molar-refractivity contribution is 5.88. The first-order valence-corrected chi connectivity index (χ1v) is 18.6. The second-order valence-corrected chi connectivity index (χ2v) is 18.9. The van der Waals surface area contributed by atoms with Crippen LogP contribution in [0.5, 0.6) is 0 Å². The minimum Gasteiger partial charge on any atom is -0.455 e. The van der Waals surface area contributed by atoms with E-state index in [9.17, 15) is 35.1 Å². The fourth-order valence-corrected chi connectivity index (χ4v) is 12.0. The van der Waals surface area contributed by atoms with Crippen LogP contribution in [-0.4, -0.2) is 80.2 Å². The molecule has 0 spiro atoms. The number of aliphatic hydroxyl groups excluding tert-OH is 4. The largest absolute Gasteiger partial charge is 0.455 e. The molecular weight excluding hydrogens is 624 g/mol. The zero-order valence-corrected chi connectivity index (χ0v) is 31.8. The summed E-state index contributed by atoms with van der Waals surface area (Å²) < 4.78 is 12.3. The van der Waals surface area contributed by atoms with Crippen molar-refractivity contribution < 1.29 is 44.6 Å². The summed E-state index contributed by atoms with van der Waals surface area (Å²) >= 11 is 0. The third-order valence-corrected chi connectivity index (χ3v) is 15.8. The van der Waals surface area contributed by atoms with Gasteiger partial charge in [0, 0.05) is 11.0 Å². The maximum atomic E-state index is 13.7. The van der Waals surface area contributed by atoms with Crippen LogP contribution in [0.15, 0.2) is 23.3 Å². The first-order chi connectivity index (χ1) is 22.4. The number of carbonyl (C=O) groups excluding carboxylic acids is 2. The molecule has 49 heavy (non-hydrogen) atoms. The molecule has 5 aliphatic carbocycles. The van der Waals surface area contributed by atoms with Crippen LogP contribution in [0.4, 0.5) is 0 Å². The van der Waals surface area contributed by atoms with Gasteiger partial charge in [0.25, 0.3) is 0 Å². The number of hydrogen-bond donors (Lipinski definition) is 5. The molecule has 0 bridgehead atoms. The Labute approximate surface area is 293 Å². The summed E-state index contributed by atoms with van der Waals surface area (Å²) in [7, 11) is 0. The van der Waals surface area contributed by atoms with Crippen LogP contribution in [0.2, 0.25) is 0 Å². The average molecular weight is 689 g/mol. The highest BCUT2D eigenvalue weighted by Gasteiger charge is 2.73. The molecule has 5 aliphatic rings. The minimum absolute atomic E-state index is 0.00232. The zero-order chi connectivity index (χ0) is 36.9. The normalized spacial score (nSPS) is 46.0. The topological polar surface area (TPSA) is 154 Å². The van der Waals surface area contributed by atoms with Gasteiger partial charge in [0.05, 0.1) is 30.3 Å². The van der Waals surface area contributed by atoms with Gasteiger partial charge in [-0.25, -0.2) is 9.59 Å². The van der Waals surface area contributed by atoms with Crippen LogP contribution < -0.4 is 0 Å². The standard InChI is InChI=1S/C40H64O9/c1-12-22(2)32(45)48-30-31(49-33(46)39(11,47)23(3)42)40(21-41)25(19-34(30,4)5)24-13-14-27-36(8)17-16-28(43)35(6,7)26(36)15-18-37(27,9)38(24,10)20-29(40)44/h12-13,23,25-31,41-44,47H,14-21H2,1-11H3/b22-12-/t23-,25-,26-,27+,28-,29+,30-,31-,36-,37+,38+,39-,40-/m0/s1. The fraction of sp³-hybridized carbons (Fsp3) is 0.850. The Morgan fingerprint density at radius 2 is 1.61 bits per heavy atom. The van der Waals surface area contributed by atoms with Gasteiger partial charge in [-0.15, -0.1) is 0 Å². The monoisotopic (exact) mass is 688 g/mol. The molecule has 0 amide bonds. The molecule has 5 N–H and O–H groups in total. The number of aliphatic hydroxyl groups is 5. The summed E-state index contributed by atoms with van der Waals surface area (Å²) in [6, 6.07) is 0. The van der Waals surface area contributed by atoms with Gasteiger partial charge in [-0.2, -0.15) is 0 Å². The third kappa shape index (κ3) is 5.25. The Morgan fingerprint density at radius 3 is 2.18 bits per heavy atom. The van der Waals surface area contributed by atoms with Gasteiger partial charge in [0.15, 0.2) is 11.7 Å². The van der Waals surface area contributed by atoms with E-state index in [-0.39, 0.29) is 22.3 Å². The van der Waals surface area contributed by atoms with E-state index in [1.807, 2.05) is 13.8 Å². The lowest BCUT2D eigenvalue weighted by Gasteiger charge is -2.72. The van der Waals surface area contributed by atoms with Gasteiger partial charge in [0.1, 0.15) is 6.10 Å². The molecule has 0 aromatic heterocycles. The van der Waals surface area contributed by atoms with Gasteiger partial charge in [-0.05, 0) is 112 Å². The van der Waals surface area contributed by atoms with E-state index >= 15 is 0 Å². The Bertz CT molecular complexity index is 1390. The zero-order valence-electron chi connectivity index (χ0n) is 31.8. The van der Waals surface area contributed by atoms with Crippen molar-refractivity contribution in [2.75, 3.05) is 6.61 Å². The van der Waals surface area contributed by atoms with E-state index in [1.165, 1.54) is 13.8 Å². The lowest BCUT2D eigenvalue weighted by Crippen LogP contribution is -2.73. The molecule has 0 radical (unpaired) electrons. The van der Waals surface area contributed by atoms with Crippen molar-refractivity contribution in [1.82, 2.24) is 0 Å². The second kappa shape index (κ2) is 12.1. The highest BCUT2D eigenvalue weighted by atomic mass is 16.6. The smallest absolute Gasteiger partial charge is 0.340 e. The van der Waals surface area contributed by atoms with Crippen LogP contribution in [0.1, 0.15) is 121 Å². The SMILES string of the molecule is C/C=C(/C)C(=O)O[C@H]1[C@H](OC(=O)[C@@](C)(O)[C@H](C)O)[C@]2(CO)[C@H](O)C[C@]3(C)C(=CC[C@@H]4[C@@]5(C)CC[C@H](O)C(C)(C)[C@@H]5CC[C@]43C)[C@@H]2CC1(C)C. The molecule has 0 saturated heterocycles. The van der Waals surface area contributed by atoms with Crippen molar-refractivity contribution in [3.05, 3.63) is 23.3 Å². The number of ether oxygens (including phenoxy) is 2. The number of esters is 2. The molecule has 0 aromatic rings. The maximum Gasteiger partial charge on any atom is 0.340 e. The summed E-state index contributed by atoms with van der Waals surface area (Å²) in [4.78, 5) is 27.0. The first kappa shape index (κ1) is 38.5.